The third kappa shape index (κ3) is 2.80. The lowest BCUT2D eigenvalue weighted by molar-refractivity contribution is -0.151. The highest BCUT2D eigenvalue weighted by Crippen LogP contribution is 2.61. The Labute approximate surface area is 103 Å². The number of rotatable bonds is 4. The molecular weight excluding hydrogens is 220 g/mol. The summed E-state index contributed by atoms with van der Waals surface area (Å²) in [4.78, 5) is 11.9. The zero-order chi connectivity index (χ0) is 13.6. The van der Waals surface area contributed by atoms with Gasteiger partial charge in [0.2, 0.25) is 0 Å². The van der Waals surface area contributed by atoms with E-state index in [9.17, 15) is 15.0 Å². The van der Waals surface area contributed by atoms with Gasteiger partial charge in [0.15, 0.2) is 0 Å². The Balaban J connectivity index is 2.75. The second-order valence-electron chi connectivity index (χ2n) is 6.41. The quantitative estimate of drug-likeness (QED) is 0.732. The highest BCUT2D eigenvalue weighted by Gasteiger charge is 2.67. The first-order valence-corrected chi connectivity index (χ1v) is 6.10. The Morgan fingerprint density at radius 3 is 2.18 bits per heavy atom. The zero-order valence-corrected chi connectivity index (χ0v) is 11.5. The lowest BCUT2D eigenvalue weighted by Crippen LogP contribution is -2.39. The van der Waals surface area contributed by atoms with Crippen molar-refractivity contribution in [1.82, 2.24) is 0 Å². The van der Waals surface area contributed by atoms with E-state index in [2.05, 4.69) is 0 Å². The van der Waals surface area contributed by atoms with Crippen LogP contribution in [0.3, 0.4) is 0 Å². The Kier molecular flexibility index (Phi) is 3.61. The van der Waals surface area contributed by atoms with E-state index in [0.717, 1.165) is 0 Å². The number of carbonyl (C=O) groups is 1. The molecule has 100 valence electrons. The maximum Gasteiger partial charge on any atom is 0.310 e. The van der Waals surface area contributed by atoms with E-state index in [1.54, 1.807) is 27.7 Å². The number of aliphatic hydroxyl groups is 2. The molecule has 0 aromatic carbocycles. The van der Waals surface area contributed by atoms with Gasteiger partial charge in [-0.15, -0.1) is 0 Å². The first-order chi connectivity index (χ1) is 7.49. The maximum absolute atomic E-state index is 11.9. The number of hydrogen-bond acceptors (Lipinski definition) is 4. The predicted octanol–water partition coefficient (Wildman–Crippen LogP) is 1.34. The molecule has 0 saturated heterocycles. The van der Waals surface area contributed by atoms with Gasteiger partial charge in [0.25, 0.3) is 0 Å². The van der Waals surface area contributed by atoms with Crippen LogP contribution in [-0.2, 0) is 9.53 Å². The fourth-order valence-corrected chi connectivity index (χ4v) is 2.46. The molecule has 4 heteroatoms. The predicted molar refractivity (Wildman–Crippen MR) is 64.3 cm³/mol. The first kappa shape index (κ1) is 14.5. The number of carbonyl (C=O) groups excluding carboxylic acids is 1. The average Bonchev–Trinajstić information content (AvgIpc) is 2.64. The van der Waals surface area contributed by atoms with E-state index >= 15 is 0 Å². The smallest absolute Gasteiger partial charge is 0.310 e. The topological polar surface area (TPSA) is 66.8 Å². The van der Waals surface area contributed by atoms with E-state index in [0.29, 0.717) is 0 Å². The molecule has 4 nitrogen and oxygen atoms in total. The van der Waals surface area contributed by atoms with Gasteiger partial charge < -0.3 is 14.9 Å². The summed E-state index contributed by atoms with van der Waals surface area (Å²) in [7, 11) is 0. The van der Waals surface area contributed by atoms with Crippen LogP contribution in [0.15, 0.2) is 0 Å². The van der Waals surface area contributed by atoms with Crippen LogP contribution in [0.2, 0.25) is 0 Å². The van der Waals surface area contributed by atoms with E-state index in [1.165, 1.54) is 0 Å². The van der Waals surface area contributed by atoms with Crippen molar-refractivity contribution in [2.24, 2.45) is 17.3 Å². The van der Waals surface area contributed by atoms with Crippen LogP contribution in [-0.4, -0.2) is 34.0 Å². The molecule has 0 aromatic heterocycles. The van der Waals surface area contributed by atoms with Gasteiger partial charge in [0.05, 0.1) is 23.7 Å². The molecule has 0 bridgehead atoms. The van der Waals surface area contributed by atoms with Gasteiger partial charge in [-0.3, -0.25) is 4.79 Å². The Hall–Kier alpha value is -0.610. The summed E-state index contributed by atoms with van der Waals surface area (Å²) in [6.07, 6.45) is -1.07. The molecular formula is C13H24O4. The number of aliphatic hydroxyl groups excluding tert-OH is 1. The number of ether oxygens (including phenoxy) is 1. The highest BCUT2D eigenvalue weighted by atomic mass is 16.5. The molecule has 2 N–H and O–H groups in total. The third-order valence-electron chi connectivity index (χ3n) is 3.58. The van der Waals surface area contributed by atoms with Crippen molar-refractivity contribution < 1.29 is 19.7 Å². The normalized spacial score (nSPS) is 29.0. The lowest BCUT2D eigenvalue weighted by Gasteiger charge is -2.25. The maximum atomic E-state index is 11.9. The monoisotopic (exact) mass is 244 g/mol. The van der Waals surface area contributed by atoms with Gasteiger partial charge in [0, 0.05) is 5.92 Å². The van der Waals surface area contributed by atoms with Gasteiger partial charge in [-0.25, -0.2) is 0 Å². The molecule has 3 atom stereocenters. The lowest BCUT2D eigenvalue weighted by atomic mass is 9.93. The van der Waals surface area contributed by atoms with Crippen LogP contribution < -0.4 is 0 Å². The standard InChI is InChI=1S/C13H24O4/c1-7(2)17-11(15)9-8(12(9,3)4)10(14)13(5,6)16/h7-10,14,16H,1-6H3. The third-order valence-corrected chi connectivity index (χ3v) is 3.58. The molecule has 1 rings (SSSR count). The van der Waals surface area contributed by atoms with Crippen LogP contribution in [0, 0.1) is 17.3 Å². The van der Waals surface area contributed by atoms with Gasteiger partial charge >= 0.3 is 5.97 Å². The minimum atomic E-state index is -1.20. The molecule has 0 amide bonds. The van der Waals surface area contributed by atoms with Gasteiger partial charge in [-0.05, 0) is 33.1 Å². The fourth-order valence-electron chi connectivity index (χ4n) is 2.46. The van der Waals surface area contributed by atoms with Crippen LogP contribution in [0.1, 0.15) is 41.5 Å². The van der Waals surface area contributed by atoms with Crippen LogP contribution in [0.4, 0.5) is 0 Å². The Bertz CT molecular complexity index is 301. The van der Waals surface area contributed by atoms with Crippen molar-refractivity contribution in [3.8, 4) is 0 Å². The molecule has 0 radical (unpaired) electrons. The molecule has 1 aliphatic rings. The van der Waals surface area contributed by atoms with Gasteiger partial charge in [-0.1, -0.05) is 13.8 Å². The largest absolute Gasteiger partial charge is 0.463 e. The van der Waals surface area contributed by atoms with Crippen molar-refractivity contribution in [3.63, 3.8) is 0 Å². The summed E-state index contributed by atoms with van der Waals surface area (Å²) >= 11 is 0. The molecule has 1 aliphatic carbocycles. The minimum absolute atomic E-state index is 0.154. The van der Waals surface area contributed by atoms with Gasteiger partial charge in [0.1, 0.15) is 0 Å². The van der Waals surface area contributed by atoms with Crippen molar-refractivity contribution in [2.45, 2.75) is 59.4 Å². The SMILES string of the molecule is CC(C)OC(=O)C1C(C(O)C(C)(C)O)C1(C)C. The summed E-state index contributed by atoms with van der Waals surface area (Å²) in [5, 5.41) is 19.9. The van der Waals surface area contributed by atoms with Crippen molar-refractivity contribution >= 4 is 5.97 Å². The van der Waals surface area contributed by atoms with Crippen LogP contribution in [0.5, 0.6) is 0 Å². The molecule has 1 fully saturated rings. The highest BCUT2D eigenvalue weighted by molar-refractivity contribution is 5.78. The van der Waals surface area contributed by atoms with E-state index in [1.807, 2.05) is 13.8 Å². The summed E-state index contributed by atoms with van der Waals surface area (Å²) in [5.74, 6) is -0.849. The summed E-state index contributed by atoms with van der Waals surface area (Å²) in [5.41, 5.74) is -1.51. The summed E-state index contributed by atoms with van der Waals surface area (Å²) in [6.45, 7) is 10.5. The number of hydrogen-bond donors (Lipinski definition) is 2. The van der Waals surface area contributed by atoms with E-state index in [4.69, 9.17) is 4.74 Å². The number of esters is 1. The van der Waals surface area contributed by atoms with Crippen molar-refractivity contribution in [1.29, 1.82) is 0 Å². The minimum Gasteiger partial charge on any atom is -0.463 e. The van der Waals surface area contributed by atoms with E-state index < -0.39 is 11.7 Å². The zero-order valence-electron chi connectivity index (χ0n) is 11.5. The Morgan fingerprint density at radius 1 is 1.35 bits per heavy atom. The first-order valence-electron chi connectivity index (χ1n) is 6.10. The molecule has 0 aliphatic heterocycles. The second kappa shape index (κ2) is 4.25. The fraction of sp³-hybridized carbons (Fsp3) is 0.923. The molecule has 17 heavy (non-hydrogen) atoms. The molecule has 0 aromatic rings. The summed E-state index contributed by atoms with van der Waals surface area (Å²) in [6, 6.07) is 0. The van der Waals surface area contributed by atoms with Crippen molar-refractivity contribution in [2.75, 3.05) is 0 Å². The average molecular weight is 244 g/mol. The van der Waals surface area contributed by atoms with E-state index in [-0.39, 0.29) is 29.3 Å². The van der Waals surface area contributed by atoms with Gasteiger partial charge in [-0.2, -0.15) is 0 Å². The molecule has 0 spiro atoms. The van der Waals surface area contributed by atoms with Crippen LogP contribution >= 0.6 is 0 Å². The molecule has 0 heterocycles. The summed E-state index contributed by atoms with van der Waals surface area (Å²) < 4.78 is 5.17. The second-order valence-corrected chi connectivity index (χ2v) is 6.41. The molecule has 3 unspecified atom stereocenters. The van der Waals surface area contributed by atoms with Crippen molar-refractivity contribution in [3.05, 3.63) is 0 Å². The Morgan fingerprint density at radius 2 is 1.82 bits per heavy atom. The molecule has 1 saturated carbocycles. The van der Waals surface area contributed by atoms with Crippen LogP contribution in [0.25, 0.3) is 0 Å².